The molecule has 0 bridgehead atoms. The van der Waals surface area contributed by atoms with Gasteiger partial charge in [0.05, 0.1) is 25.7 Å². The Bertz CT molecular complexity index is 1270. The van der Waals surface area contributed by atoms with Gasteiger partial charge in [0.2, 0.25) is 0 Å². The van der Waals surface area contributed by atoms with Crippen molar-refractivity contribution in [2.45, 2.75) is 53.1 Å². The fourth-order valence-electron chi connectivity index (χ4n) is 5.06. The Labute approximate surface area is 248 Å². The number of aromatic nitrogens is 1. The van der Waals surface area contributed by atoms with Crippen LogP contribution in [0, 0.1) is 5.92 Å². The van der Waals surface area contributed by atoms with Crippen LogP contribution in [0.2, 0.25) is 0 Å². The summed E-state index contributed by atoms with van der Waals surface area (Å²) in [5, 5.41) is 3.18. The average molecular weight is 578 g/mol. The van der Waals surface area contributed by atoms with Gasteiger partial charge in [-0.2, -0.15) is 0 Å². The smallest absolute Gasteiger partial charge is 0.312 e. The number of hydrogen-bond acceptors (Lipinski definition) is 7. The van der Waals surface area contributed by atoms with Gasteiger partial charge in [0.25, 0.3) is 5.91 Å². The molecule has 1 fully saturated rings. The molecule has 9 heteroatoms. The normalized spacial score (nSPS) is 14.7. The Kier molecular flexibility index (Phi) is 11.3. The van der Waals surface area contributed by atoms with Crippen molar-refractivity contribution in [2.75, 3.05) is 39.5 Å². The molecule has 1 saturated heterocycles. The Morgan fingerprint density at radius 3 is 2.19 bits per heavy atom. The molecule has 0 spiro atoms. The summed E-state index contributed by atoms with van der Waals surface area (Å²) in [6.45, 7) is 11.7. The number of hydrogen-bond donors (Lipinski definition) is 1. The molecule has 1 N–H and O–H groups in total. The summed E-state index contributed by atoms with van der Waals surface area (Å²) in [6, 6.07) is 15.3. The largest absolute Gasteiger partial charge is 0.493 e. The highest BCUT2D eigenvalue weighted by molar-refractivity contribution is 5.94. The van der Waals surface area contributed by atoms with Crippen LogP contribution in [0.3, 0.4) is 0 Å². The molecule has 4 rings (SSSR count). The van der Waals surface area contributed by atoms with Gasteiger partial charge in [-0.15, -0.1) is 0 Å². The van der Waals surface area contributed by atoms with Crippen LogP contribution in [0.25, 0.3) is 5.69 Å². The lowest BCUT2D eigenvalue weighted by Gasteiger charge is -2.32. The van der Waals surface area contributed by atoms with E-state index in [-0.39, 0.29) is 30.4 Å². The third kappa shape index (κ3) is 8.28. The number of ether oxygens (including phenoxy) is 4. The Hall–Kier alpha value is -3.98. The fraction of sp³-hybridized carbons (Fsp3) is 0.455. The van der Waals surface area contributed by atoms with Gasteiger partial charge in [0.15, 0.2) is 0 Å². The number of piperidine rings is 1. The van der Waals surface area contributed by atoms with Crippen LogP contribution < -0.4 is 19.5 Å². The molecule has 1 aliphatic rings. The van der Waals surface area contributed by atoms with Gasteiger partial charge in [-0.25, -0.2) is 0 Å². The van der Waals surface area contributed by atoms with Gasteiger partial charge >= 0.3 is 5.97 Å². The number of carbonyl (C=O) groups is 2. The van der Waals surface area contributed by atoms with E-state index in [0.29, 0.717) is 31.1 Å². The molecule has 3 aromatic rings. The predicted octanol–water partition coefficient (Wildman–Crippen LogP) is 5.25. The zero-order valence-corrected chi connectivity index (χ0v) is 25.1. The van der Waals surface area contributed by atoms with Gasteiger partial charge in [-0.1, -0.05) is 6.07 Å². The molecule has 1 amide bonds. The molecule has 1 unspecified atom stereocenters. The number of esters is 1. The molecule has 9 nitrogen and oxygen atoms in total. The highest BCUT2D eigenvalue weighted by Crippen LogP contribution is 2.35. The van der Waals surface area contributed by atoms with Crippen molar-refractivity contribution in [3.8, 4) is 22.9 Å². The molecular weight excluding hydrogens is 534 g/mol. The molecule has 2 aromatic carbocycles. The highest BCUT2D eigenvalue weighted by Gasteiger charge is 2.23. The zero-order chi connectivity index (χ0) is 29.9. The average Bonchev–Trinajstić information content (AvgIpc) is 3.52. The second-order valence-electron chi connectivity index (χ2n) is 10.4. The van der Waals surface area contributed by atoms with Gasteiger partial charge in [-0.3, -0.25) is 14.5 Å². The molecule has 226 valence electrons. The molecule has 1 aromatic heterocycles. The lowest BCUT2D eigenvalue weighted by Crippen LogP contribution is -2.44. The first-order chi connectivity index (χ1) is 20.4. The van der Waals surface area contributed by atoms with E-state index in [1.54, 1.807) is 38.1 Å². The maximum Gasteiger partial charge on any atom is 0.312 e. The fourth-order valence-corrected chi connectivity index (χ4v) is 5.06. The predicted molar refractivity (Wildman–Crippen MR) is 162 cm³/mol. The number of amides is 1. The van der Waals surface area contributed by atoms with Crippen LogP contribution in [-0.4, -0.2) is 66.9 Å². The van der Waals surface area contributed by atoms with E-state index < -0.39 is 0 Å². The number of nitrogens with one attached hydrogen (secondary N) is 1. The Morgan fingerprint density at radius 1 is 0.905 bits per heavy atom. The van der Waals surface area contributed by atoms with Crippen molar-refractivity contribution in [3.05, 3.63) is 72.1 Å². The van der Waals surface area contributed by atoms with Crippen molar-refractivity contribution < 1.29 is 28.5 Å². The van der Waals surface area contributed by atoms with Crippen LogP contribution in [0.15, 0.2) is 60.9 Å². The minimum absolute atomic E-state index is 0.0937. The minimum Gasteiger partial charge on any atom is -0.493 e. The second kappa shape index (κ2) is 15.3. The molecule has 1 atom stereocenters. The minimum atomic E-state index is -0.388. The van der Waals surface area contributed by atoms with E-state index in [1.807, 2.05) is 42.9 Å². The highest BCUT2D eigenvalue weighted by atomic mass is 16.5. The van der Waals surface area contributed by atoms with Crippen molar-refractivity contribution in [2.24, 2.45) is 5.92 Å². The van der Waals surface area contributed by atoms with Crippen LogP contribution in [0.1, 0.15) is 56.5 Å². The van der Waals surface area contributed by atoms with Gasteiger partial charge in [0.1, 0.15) is 29.5 Å². The van der Waals surface area contributed by atoms with Crippen LogP contribution in [-0.2, 0) is 16.1 Å². The maximum absolute atomic E-state index is 13.0. The number of rotatable bonds is 14. The lowest BCUT2D eigenvalue weighted by atomic mass is 10.0. The number of benzene rings is 2. The van der Waals surface area contributed by atoms with Crippen molar-refractivity contribution in [1.29, 1.82) is 0 Å². The molecular formula is C33H43N3O6. The second-order valence-corrected chi connectivity index (χ2v) is 10.4. The number of likely N-dealkylation sites (tertiary alicyclic amines) is 1. The summed E-state index contributed by atoms with van der Waals surface area (Å²) in [5.41, 5.74) is 2.58. The first-order valence-corrected chi connectivity index (χ1v) is 14.9. The van der Waals surface area contributed by atoms with Crippen molar-refractivity contribution in [1.82, 2.24) is 14.8 Å². The molecule has 1 aliphatic heterocycles. The van der Waals surface area contributed by atoms with E-state index in [1.165, 1.54) is 0 Å². The quantitative estimate of drug-likeness (QED) is 0.262. The third-order valence-electron chi connectivity index (χ3n) is 7.18. The molecule has 0 radical (unpaired) electrons. The third-order valence-corrected chi connectivity index (χ3v) is 7.18. The van der Waals surface area contributed by atoms with E-state index in [2.05, 4.69) is 22.3 Å². The monoisotopic (exact) mass is 577 g/mol. The summed E-state index contributed by atoms with van der Waals surface area (Å²) >= 11 is 0. The first kappa shape index (κ1) is 31.0. The van der Waals surface area contributed by atoms with E-state index in [9.17, 15) is 9.59 Å². The first-order valence-electron chi connectivity index (χ1n) is 14.9. The SMILES string of the molecule is CCOC(=O)C(C)COc1cccc(C(=O)NC2CCN(Cc3cc(OCC)c(-n4cccc4)c(OCC)c3)CC2)c1. The van der Waals surface area contributed by atoms with Crippen molar-refractivity contribution in [3.63, 3.8) is 0 Å². The molecule has 42 heavy (non-hydrogen) atoms. The van der Waals surface area contributed by atoms with Crippen molar-refractivity contribution >= 4 is 11.9 Å². The van der Waals surface area contributed by atoms with Gasteiger partial charge in [0, 0.05) is 43.6 Å². The molecule has 0 saturated carbocycles. The molecule has 0 aliphatic carbocycles. The maximum atomic E-state index is 13.0. The van der Waals surface area contributed by atoms with E-state index in [0.717, 1.165) is 55.2 Å². The Morgan fingerprint density at radius 2 is 1.57 bits per heavy atom. The van der Waals surface area contributed by atoms with Crippen LogP contribution in [0.5, 0.6) is 17.2 Å². The Balaban J connectivity index is 1.32. The van der Waals surface area contributed by atoms with Crippen LogP contribution >= 0.6 is 0 Å². The summed E-state index contributed by atoms with van der Waals surface area (Å²) in [4.78, 5) is 27.3. The lowest BCUT2D eigenvalue weighted by molar-refractivity contribution is -0.148. The van der Waals surface area contributed by atoms with Gasteiger partial charge < -0.3 is 28.8 Å². The van der Waals surface area contributed by atoms with E-state index in [4.69, 9.17) is 18.9 Å². The van der Waals surface area contributed by atoms with Gasteiger partial charge in [-0.05, 0) is 88.6 Å². The zero-order valence-electron chi connectivity index (χ0n) is 25.1. The van der Waals surface area contributed by atoms with E-state index >= 15 is 0 Å². The summed E-state index contributed by atoms with van der Waals surface area (Å²) in [7, 11) is 0. The number of nitrogens with zero attached hydrogens (tertiary/aromatic N) is 2. The van der Waals surface area contributed by atoms with Crippen LogP contribution in [0.4, 0.5) is 0 Å². The summed E-state index contributed by atoms with van der Waals surface area (Å²) in [5.74, 6) is 1.35. The standard InChI is InChI=1S/C33H43N3O6/c1-5-39-29-19-25(20-30(40-6-2)31(29)36-15-8-9-16-36)22-35-17-13-27(14-18-35)34-32(37)26-11-10-12-28(21-26)42-23-24(4)33(38)41-7-3/h8-12,15-16,19-21,24,27H,5-7,13-14,17-18,22-23H2,1-4H3,(H,34,37). The summed E-state index contributed by atoms with van der Waals surface area (Å²) in [6.07, 6.45) is 5.71. The summed E-state index contributed by atoms with van der Waals surface area (Å²) < 4.78 is 24.9. The number of carbonyl (C=O) groups excluding carboxylic acids is 2. The molecule has 2 heterocycles. The topological polar surface area (TPSA) is 91.3 Å².